The van der Waals surface area contributed by atoms with Crippen molar-refractivity contribution in [3.05, 3.63) is 35.9 Å². The highest BCUT2D eigenvalue weighted by molar-refractivity contribution is 5.13. The van der Waals surface area contributed by atoms with Gasteiger partial charge in [0.1, 0.15) is 0 Å². The first-order valence-corrected chi connectivity index (χ1v) is 7.43. The highest BCUT2D eigenvalue weighted by Crippen LogP contribution is 1.99. The largest absolute Gasteiger partial charge is 0.378 e. The van der Waals surface area contributed by atoms with E-state index in [0.29, 0.717) is 46.2 Å². The van der Waals surface area contributed by atoms with Gasteiger partial charge in [-0.25, -0.2) is 0 Å². The molecule has 1 rings (SSSR count). The van der Waals surface area contributed by atoms with Gasteiger partial charge in [0.15, 0.2) is 0 Å². The van der Waals surface area contributed by atoms with Crippen LogP contribution in [0, 0.1) is 0 Å². The summed E-state index contributed by atoms with van der Waals surface area (Å²) >= 11 is 0. The third-order valence-electron chi connectivity index (χ3n) is 2.72. The summed E-state index contributed by atoms with van der Waals surface area (Å²) in [7, 11) is 1.90. The van der Waals surface area contributed by atoms with Gasteiger partial charge in [-0.3, -0.25) is 0 Å². The van der Waals surface area contributed by atoms with Crippen LogP contribution in [0.4, 0.5) is 0 Å². The molecule has 0 saturated heterocycles. The van der Waals surface area contributed by atoms with E-state index in [2.05, 4.69) is 5.32 Å². The highest BCUT2D eigenvalue weighted by atomic mass is 16.6. The van der Waals surface area contributed by atoms with E-state index in [4.69, 9.17) is 18.9 Å². The Labute approximate surface area is 127 Å². The Bertz CT molecular complexity index is 321. The van der Waals surface area contributed by atoms with E-state index in [1.54, 1.807) is 0 Å². The van der Waals surface area contributed by atoms with Gasteiger partial charge in [-0.2, -0.15) is 0 Å². The van der Waals surface area contributed by atoms with Crippen LogP contribution in [0.1, 0.15) is 5.56 Å². The maximum absolute atomic E-state index is 5.51. The van der Waals surface area contributed by atoms with E-state index in [1.807, 2.05) is 37.4 Å². The molecule has 1 aromatic carbocycles. The van der Waals surface area contributed by atoms with Crippen molar-refractivity contribution in [1.29, 1.82) is 0 Å². The van der Waals surface area contributed by atoms with Crippen LogP contribution >= 0.6 is 0 Å². The second-order valence-corrected chi connectivity index (χ2v) is 4.48. The molecule has 120 valence electrons. The topological polar surface area (TPSA) is 49.0 Å². The van der Waals surface area contributed by atoms with E-state index in [1.165, 1.54) is 5.56 Å². The Morgan fingerprint density at radius 1 is 0.714 bits per heavy atom. The van der Waals surface area contributed by atoms with Crippen LogP contribution < -0.4 is 5.32 Å². The van der Waals surface area contributed by atoms with Crippen LogP contribution in [0.3, 0.4) is 0 Å². The number of nitrogens with one attached hydrogen (secondary N) is 1. The Kier molecular flexibility index (Phi) is 12.0. The third-order valence-corrected chi connectivity index (χ3v) is 2.72. The fourth-order valence-corrected chi connectivity index (χ4v) is 1.60. The highest BCUT2D eigenvalue weighted by Gasteiger charge is 1.93. The summed E-state index contributed by atoms with van der Waals surface area (Å²) in [5.74, 6) is 0. The molecule has 1 N–H and O–H groups in total. The molecular formula is C16H27NO4. The zero-order valence-electron chi connectivity index (χ0n) is 12.9. The lowest BCUT2D eigenvalue weighted by atomic mass is 10.2. The zero-order valence-corrected chi connectivity index (χ0v) is 12.9. The van der Waals surface area contributed by atoms with Crippen molar-refractivity contribution in [3.8, 4) is 0 Å². The number of hydrogen-bond donors (Lipinski definition) is 1. The van der Waals surface area contributed by atoms with Crippen molar-refractivity contribution >= 4 is 0 Å². The van der Waals surface area contributed by atoms with Gasteiger partial charge in [-0.15, -0.1) is 0 Å². The average molecular weight is 297 g/mol. The number of ether oxygens (including phenoxy) is 4. The lowest BCUT2D eigenvalue weighted by molar-refractivity contribution is -0.00367. The van der Waals surface area contributed by atoms with Crippen molar-refractivity contribution in [2.24, 2.45) is 0 Å². The van der Waals surface area contributed by atoms with Crippen LogP contribution in [0.5, 0.6) is 0 Å². The minimum Gasteiger partial charge on any atom is -0.378 e. The number of likely N-dealkylation sites (N-methyl/N-ethyl adjacent to an activating group) is 1. The molecule has 21 heavy (non-hydrogen) atoms. The molecule has 1 aromatic rings. The molecule has 0 heterocycles. The molecule has 5 nitrogen and oxygen atoms in total. The van der Waals surface area contributed by atoms with Crippen LogP contribution in [0.15, 0.2) is 30.3 Å². The number of hydrogen-bond acceptors (Lipinski definition) is 5. The zero-order chi connectivity index (χ0) is 15.0. The minimum absolute atomic E-state index is 0.589. The molecule has 0 saturated carbocycles. The van der Waals surface area contributed by atoms with Crippen LogP contribution in [-0.4, -0.2) is 59.8 Å². The van der Waals surface area contributed by atoms with Crippen LogP contribution in [0.2, 0.25) is 0 Å². The molecule has 0 amide bonds. The third kappa shape index (κ3) is 11.4. The minimum atomic E-state index is 0.589. The quantitative estimate of drug-likeness (QED) is 0.527. The maximum atomic E-state index is 5.51. The first-order valence-electron chi connectivity index (χ1n) is 7.43. The van der Waals surface area contributed by atoms with E-state index >= 15 is 0 Å². The molecule has 0 aliphatic carbocycles. The Balaban J connectivity index is 1.75. The lowest BCUT2D eigenvalue weighted by Gasteiger charge is -2.07. The van der Waals surface area contributed by atoms with E-state index < -0.39 is 0 Å². The van der Waals surface area contributed by atoms with Gasteiger partial charge in [0.05, 0.1) is 52.9 Å². The summed E-state index contributed by atoms with van der Waals surface area (Å²) < 4.78 is 21.6. The molecule has 5 heteroatoms. The Morgan fingerprint density at radius 2 is 1.24 bits per heavy atom. The summed E-state index contributed by atoms with van der Waals surface area (Å²) in [6, 6.07) is 10.1. The number of benzene rings is 1. The van der Waals surface area contributed by atoms with Gasteiger partial charge in [0, 0.05) is 6.54 Å². The molecular weight excluding hydrogens is 270 g/mol. The fourth-order valence-electron chi connectivity index (χ4n) is 1.60. The predicted molar refractivity (Wildman–Crippen MR) is 82.5 cm³/mol. The van der Waals surface area contributed by atoms with Crippen molar-refractivity contribution in [3.63, 3.8) is 0 Å². The monoisotopic (exact) mass is 297 g/mol. The molecule has 0 radical (unpaired) electrons. The summed E-state index contributed by atoms with van der Waals surface area (Å²) in [6.07, 6.45) is 0. The molecule has 0 aliphatic rings. The molecule has 0 aromatic heterocycles. The van der Waals surface area contributed by atoms with Gasteiger partial charge in [-0.1, -0.05) is 30.3 Å². The second kappa shape index (κ2) is 14.0. The lowest BCUT2D eigenvalue weighted by Crippen LogP contribution is -2.17. The van der Waals surface area contributed by atoms with Gasteiger partial charge in [-0.05, 0) is 12.6 Å². The van der Waals surface area contributed by atoms with Crippen molar-refractivity contribution < 1.29 is 18.9 Å². The van der Waals surface area contributed by atoms with Crippen LogP contribution in [0.25, 0.3) is 0 Å². The van der Waals surface area contributed by atoms with Gasteiger partial charge < -0.3 is 24.3 Å². The van der Waals surface area contributed by atoms with E-state index in [9.17, 15) is 0 Å². The predicted octanol–water partition coefficient (Wildman–Crippen LogP) is 1.47. The summed E-state index contributed by atoms with van der Waals surface area (Å²) in [5, 5.41) is 3.02. The van der Waals surface area contributed by atoms with Gasteiger partial charge >= 0.3 is 0 Å². The Hall–Kier alpha value is -0.980. The smallest absolute Gasteiger partial charge is 0.0718 e. The molecule has 0 spiro atoms. The fraction of sp³-hybridized carbons (Fsp3) is 0.625. The molecule has 0 bridgehead atoms. The van der Waals surface area contributed by atoms with Crippen LogP contribution in [-0.2, 0) is 25.6 Å². The summed E-state index contributed by atoms with van der Waals surface area (Å²) in [6.45, 7) is 5.82. The second-order valence-electron chi connectivity index (χ2n) is 4.48. The van der Waals surface area contributed by atoms with Gasteiger partial charge in [0.2, 0.25) is 0 Å². The van der Waals surface area contributed by atoms with E-state index in [0.717, 1.165) is 13.2 Å². The molecule has 0 unspecified atom stereocenters. The maximum Gasteiger partial charge on any atom is 0.0718 e. The average Bonchev–Trinajstić information content (AvgIpc) is 2.53. The first-order chi connectivity index (χ1) is 10.4. The Morgan fingerprint density at radius 3 is 1.81 bits per heavy atom. The standard InChI is InChI=1S/C16H27NO4/c1-17-7-8-18-9-10-19-11-12-20-13-14-21-15-16-5-3-2-4-6-16/h2-6,17H,7-15H2,1H3. The van der Waals surface area contributed by atoms with Gasteiger partial charge in [0.25, 0.3) is 0 Å². The summed E-state index contributed by atoms with van der Waals surface area (Å²) in [5.41, 5.74) is 1.18. The van der Waals surface area contributed by atoms with E-state index in [-0.39, 0.29) is 0 Å². The normalized spacial score (nSPS) is 10.9. The van der Waals surface area contributed by atoms with Crippen molar-refractivity contribution in [2.45, 2.75) is 6.61 Å². The molecule has 0 aliphatic heterocycles. The first kappa shape index (κ1) is 18.1. The van der Waals surface area contributed by atoms with Crippen molar-refractivity contribution in [1.82, 2.24) is 5.32 Å². The SMILES string of the molecule is CNCCOCCOCCOCCOCc1ccccc1. The molecule has 0 fully saturated rings. The summed E-state index contributed by atoms with van der Waals surface area (Å²) in [4.78, 5) is 0. The molecule has 0 atom stereocenters. The number of rotatable bonds is 14. The van der Waals surface area contributed by atoms with Crippen molar-refractivity contribution in [2.75, 3.05) is 59.8 Å².